The normalized spacial score (nSPS) is 11.4. The zero-order valence-corrected chi connectivity index (χ0v) is 10.6. The van der Waals surface area contributed by atoms with Crippen molar-refractivity contribution >= 4 is 16.8 Å². The molecule has 0 radical (unpaired) electrons. The van der Waals surface area contributed by atoms with E-state index in [9.17, 15) is 22.4 Å². The number of benzene rings is 2. The van der Waals surface area contributed by atoms with E-state index in [1.54, 1.807) is 0 Å². The molecule has 20 heavy (non-hydrogen) atoms. The summed E-state index contributed by atoms with van der Waals surface area (Å²) >= 11 is 5.23. The molecule has 0 saturated carbocycles. The topological polar surface area (TPSA) is 17.1 Å². The van der Waals surface area contributed by atoms with Gasteiger partial charge in [-0.2, -0.15) is 13.2 Å². The Morgan fingerprint density at radius 2 is 1.60 bits per heavy atom. The van der Waals surface area contributed by atoms with Crippen LogP contribution >= 0.6 is 11.6 Å². The van der Waals surface area contributed by atoms with Crippen molar-refractivity contribution in [3.05, 3.63) is 59.4 Å². The van der Waals surface area contributed by atoms with E-state index >= 15 is 0 Å². The third-order valence-corrected chi connectivity index (χ3v) is 2.94. The standard InChI is InChI=1S/C14H7ClF4O/c15-13(20)11-3-1-2-10(12(11)16)8-4-6-9(7-5-8)14(17,18)19/h1-7H. The number of hydrogen-bond donors (Lipinski definition) is 0. The fraction of sp³-hybridized carbons (Fsp3) is 0.0714. The van der Waals surface area contributed by atoms with Crippen molar-refractivity contribution < 1.29 is 22.4 Å². The molecule has 0 aliphatic rings. The lowest BCUT2D eigenvalue weighted by Gasteiger charge is -2.09. The maximum Gasteiger partial charge on any atom is 0.416 e. The summed E-state index contributed by atoms with van der Waals surface area (Å²) in [6.45, 7) is 0. The smallest absolute Gasteiger partial charge is 0.275 e. The molecule has 0 amide bonds. The van der Waals surface area contributed by atoms with E-state index in [0.717, 1.165) is 24.3 Å². The van der Waals surface area contributed by atoms with E-state index in [1.807, 2.05) is 0 Å². The molecule has 0 aliphatic carbocycles. The second-order valence-electron chi connectivity index (χ2n) is 4.02. The predicted molar refractivity (Wildman–Crippen MR) is 67.0 cm³/mol. The molecule has 0 aliphatic heterocycles. The van der Waals surface area contributed by atoms with Crippen LogP contribution in [0.5, 0.6) is 0 Å². The van der Waals surface area contributed by atoms with Crippen molar-refractivity contribution in [2.45, 2.75) is 6.18 Å². The van der Waals surface area contributed by atoms with Crippen molar-refractivity contribution in [2.24, 2.45) is 0 Å². The molecular formula is C14H7ClF4O. The van der Waals surface area contributed by atoms with Gasteiger partial charge >= 0.3 is 6.18 Å². The zero-order chi connectivity index (χ0) is 14.9. The van der Waals surface area contributed by atoms with Crippen LogP contribution in [0.3, 0.4) is 0 Å². The largest absolute Gasteiger partial charge is 0.416 e. The van der Waals surface area contributed by atoms with Crippen molar-refractivity contribution in [1.82, 2.24) is 0 Å². The molecule has 0 unspecified atom stereocenters. The average molecular weight is 303 g/mol. The summed E-state index contributed by atoms with van der Waals surface area (Å²) in [5.41, 5.74) is -0.893. The SMILES string of the molecule is O=C(Cl)c1cccc(-c2ccc(C(F)(F)F)cc2)c1F. The van der Waals surface area contributed by atoms with Gasteiger partial charge in [0, 0.05) is 5.56 Å². The Balaban J connectivity index is 2.48. The summed E-state index contributed by atoms with van der Waals surface area (Å²) in [6, 6.07) is 7.96. The van der Waals surface area contributed by atoms with Gasteiger partial charge in [-0.1, -0.05) is 24.3 Å². The van der Waals surface area contributed by atoms with Crippen LogP contribution in [0.25, 0.3) is 11.1 Å². The molecule has 0 fully saturated rings. The fourth-order valence-corrected chi connectivity index (χ4v) is 1.89. The van der Waals surface area contributed by atoms with Crippen LogP contribution in [0.4, 0.5) is 17.6 Å². The molecule has 0 heterocycles. The van der Waals surface area contributed by atoms with E-state index < -0.39 is 22.8 Å². The van der Waals surface area contributed by atoms with E-state index in [2.05, 4.69) is 0 Å². The lowest BCUT2D eigenvalue weighted by atomic mass is 10.0. The van der Waals surface area contributed by atoms with Gasteiger partial charge in [0.25, 0.3) is 5.24 Å². The van der Waals surface area contributed by atoms with Crippen LogP contribution in [0.1, 0.15) is 15.9 Å². The van der Waals surface area contributed by atoms with Gasteiger partial charge in [-0.25, -0.2) is 4.39 Å². The molecule has 0 saturated heterocycles. The lowest BCUT2D eigenvalue weighted by molar-refractivity contribution is -0.137. The summed E-state index contributed by atoms with van der Waals surface area (Å²) in [5.74, 6) is -0.854. The Labute approximate surface area is 116 Å². The van der Waals surface area contributed by atoms with Crippen molar-refractivity contribution in [3.8, 4) is 11.1 Å². The molecule has 0 N–H and O–H groups in total. The third kappa shape index (κ3) is 2.82. The monoisotopic (exact) mass is 302 g/mol. The van der Waals surface area contributed by atoms with E-state index in [-0.39, 0.29) is 16.7 Å². The Kier molecular flexibility index (Phi) is 3.81. The first-order valence-corrected chi connectivity index (χ1v) is 5.84. The second-order valence-corrected chi connectivity index (χ2v) is 4.36. The number of halogens is 5. The molecular weight excluding hydrogens is 296 g/mol. The van der Waals surface area contributed by atoms with Gasteiger partial charge in [-0.3, -0.25) is 4.79 Å². The minimum atomic E-state index is -4.45. The molecule has 6 heteroatoms. The molecule has 0 aromatic heterocycles. The molecule has 2 rings (SSSR count). The fourth-order valence-electron chi connectivity index (χ4n) is 1.75. The lowest BCUT2D eigenvalue weighted by Crippen LogP contribution is -2.04. The predicted octanol–water partition coefficient (Wildman–Crippen LogP) is 4.89. The number of carbonyl (C=O) groups is 1. The average Bonchev–Trinajstić information content (AvgIpc) is 2.38. The summed E-state index contributed by atoms with van der Waals surface area (Å²) in [7, 11) is 0. The minimum Gasteiger partial charge on any atom is -0.275 e. The Hall–Kier alpha value is -1.88. The first-order chi connectivity index (χ1) is 9.30. The minimum absolute atomic E-state index is 0.0187. The van der Waals surface area contributed by atoms with Crippen LogP contribution in [0, 0.1) is 5.82 Å². The maximum atomic E-state index is 14.0. The summed E-state index contributed by atoms with van der Waals surface area (Å²) in [6.07, 6.45) is -4.45. The van der Waals surface area contributed by atoms with E-state index in [0.29, 0.717) is 0 Å². The summed E-state index contributed by atoms with van der Waals surface area (Å²) in [4.78, 5) is 11.0. The van der Waals surface area contributed by atoms with Crippen molar-refractivity contribution in [2.75, 3.05) is 0 Å². The maximum absolute atomic E-state index is 14.0. The summed E-state index contributed by atoms with van der Waals surface area (Å²) in [5, 5.41) is -0.962. The van der Waals surface area contributed by atoms with Gasteiger partial charge in [-0.15, -0.1) is 0 Å². The van der Waals surface area contributed by atoms with Gasteiger partial charge in [-0.05, 0) is 35.4 Å². The van der Waals surface area contributed by atoms with Crippen molar-refractivity contribution in [1.29, 1.82) is 0 Å². The highest BCUT2D eigenvalue weighted by molar-refractivity contribution is 6.67. The molecule has 0 atom stereocenters. The van der Waals surface area contributed by atoms with Gasteiger partial charge in [0.1, 0.15) is 5.82 Å². The highest BCUT2D eigenvalue weighted by atomic mass is 35.5. The highest BCUT2D eigenvalue weighted by Gasteiger charge is 2.30. The Morgan fingerprint density at radius 1 is 1.00 bits per heavy atom. The van der Waals surface area contributed by atoms with Crippen LogP contribution < -0.4 is 0 Å². The molecule has 2 aromatic rings. The van der Waals surface area contributed by atoms with Crippen LogP contribution in [-0.2, 0) is 6.18 Å². The van der Waals surface area contributed by atoms with Crippen LogP contribution in [-0.4, -0.2) is 5.24 Å². The summed E-state index contributed by atoms with van der Waals surface area (Å²) < 4.78 is 51.3. The molecule has 104 valence electrons. The number of rotatable bonds is 2. The molecule has 1 nitrogen and oxygen atoms in total. The van der Waals surface area contributed by atoms with Gasteiger partial charge in [0.15, 0.2) is 0 Å². The van der Waals surface area contributed by atoms with Crippen molar-refractivity contribution in [3.63, 3.8) is 0 Å². The first-order valence-electron chi connectivity index (χ1n) is 5.46. The molecule has 0 bridgehead atoms. The van der Waals surface area contributed by atoms with Crippen LogP contribution in [0.2, 0.25) is 0 Å². The zero-order valence-electron chi connectivity index (χ0n) is 9.84. The quantitative estimate of drug-likeness (QED) is 0.570. The first kappa shape index (κ1) is 14.5. The van der Waals surface area contributed by atoms with Crippen LogP contribution in [0.15, 0.2) is 42.5 Å². The molecule has 0 spiro atoms. The van der Waals surface area contributed by atoms with Gasteiger partial charge < -0.3 is 0 Å². The van der Waals surface area contributed by atoms with Gasteiger partial charge in [0.2, 0.25) is 0 Å². The second kappa shape index (κ2) is 5.25. The number of carbonyl (C=O) groups excluding carboxylic acids is 1. The number of hydrogen-bond acceptors (Lipinski definition) is 1. The highest BCUT2D eigenvalue weighted by Crippen LogP contribution is 2.32. The third-order valence-electron chi connectivity index (χ3n) is 2.73. The van der Waals surface area contributed by atoms with E-state index in [1.165, 1.54) is 18.2 Å². The van der Waals surface area contributed by atoms with Gasteiger partial charge in [0.05, 0.1) is 11.1 Å². The molecule has 2 aromatic carbocycles. The Bertz CT molecular complexity index is 647. The van der Waals surface area contributed by atoms with E-state index in [4.69, 9.17) is 11.6 Å². The Morgan fingerprint density at radius 3 is 2.10 bits per heavy atom. The number of alkyl halides is 3.